The first kappa shape index (κ1) is 10.5. The molecule has 0 saturated heterocycles. The largest absolute Gasteiger partial charge is 0.481 e. The highest BCUT2D eigenvalue weighted by Gasteiger charge is 2.11. The summed E-state index contributed by atoms with van der Waals surface area (Å²) in [5, 5.41) is 8.47. The summed E-state index contributed by atoms with van der Waals surface area (Å²) in [5.74, 6) is -0.866. The van der Waals surface area contributed by atoms with Crippen LogP contribution >= 0.6 is 0 Å². The van der Waals surface area contributed by atoms with E-state index < -0.39 is 12.0 Å². The van der Waals surface area contributed by atoms with Crippen LogP contribution in [0.3, 0.4) is 0 Å². The van der Waals surface area contributed by atoms with Gasteiger partial charge in [0.25, 0.3) is 0 Å². The minimum absolute atomic E-state index is 0.0250. The van der Waals surface area contributed by atoms with Gasteiger partial charge in [0, 0.05) is 18.7 Å². The number of nitrogens with zero attached hydrogens (tertiary/aromatic N) is 1. The molecule has 0 aliphatic carbocycles. The molecule has 1 unspecified atom stereocenters. The Bertz CT molecular complexity index is 328. The number of hydrogen-bond acceptors (Lipinski definition) is 4. The Morgan fingerprint density at radius 3 is 2.93 bits per heavy atom. The van der Waals surface area contributed by atoms with E-state index in [1.807, 2.05) is 0 Å². The molecule has 1 heterocycles. The fourth-order valence-electron chi connectivity index (χ4n) is 1.16. The van der Waals surface area contributed by atoms with E-state index in [4.69, 9.17) is 16.6 Å². The third-order valence-electron chi connectivity index (χ3n) is 1.89. The van der Waals surface area contributed by atoms with Crippen LogP contribution in [0.25, 0.3) is 0 Å². The molecule has 1 rings (SSSR count). The van der Waals surface area contributed by atoms with Crippen LogP contribution in [0.2, 0.25) is 0 Å². The highest BCUT2D eigenvalue weighted by atomic mass is 16.4. The van der Waals surface area contributed by atoms with Gasteiger partial charge in [-0.2, -0.15) is 0 Å². The molecule has 0 aliphatic rings. The number of anilines is 1. The number of rotatable bonds is 4. The fraction of sp³-hybridized carbons (Fsp3) is 0.333. The van der Waals surface area contributed by atoms with Gasteiger partial charge in [0.2, 0.25) is 0 Å². The Balaban J connectivity index is 2.65. The predicted octanol–water partition coefficient (Wildman–Crippen LogP) is 0.528. The second-order valence-corrected chi connectivity index (χ2v) is 3.02. The molecule has 1 atom stereocenters. The second kappa shape index (κ2) is 4.57. The highest BCUT2D eigenvalue weighted by molar-refractivity contribution is 5.66. The lowest BCUT2D eigenvalue weighted by molar-refractivity contribution is -0.137. The summed E-state index contributed by atoms with van der Waals surface area (Å²) in [7, 11) is 0. The number of aromatic nitrogens is 1. The summed E-state index contributed by atoms with van der Waals surface area (Å²) >= 11 is 0. The van der Waals surface area contributed by atoms with Gasteiger partial charge in [0.05, 0.1) is 11.4 Å². The van der Waals surface area contributed by atoms with Crippen molar-refractivity contribution in [2.24, 2.45) is 5.73 Å². The monoisotopic (exact) mass is 195 g/mol. The Kier molecular flexibility index (Phi) is 3.41. The van der Waals surface area contributed by atoms with Crippen molar-refractivity contribution >= 4 is 11.7 Å². The van der Waals surface area contributed by atoms with Gasteiger partial charge in [0.1, 0.15) is 0 Å². The molecule has 76 valence electrons. The number of nitrogens with two attached hydrogens (primary N) is 2. The van der Waals surface area contributed by atoms with Crippen LogP contribution in [0, 0.1) is 0 Å². The SMILES string of the molecule is Nc1cccnc1C(N)CCC(=O)O. The maximum Gasteiger partial charge on any atom is 0.303 e. The quantitative estimate of drug-likeness (QED) is 0.650. The lowest BCUT2D eigenvalue weighted by Gasteiger charge is -2.11. The van der Waals surface area contributed by atoms with Gasteiger partial charge >= 0.3 is 5.97 Å². The lowest BCUT2D eigenvalue weighted by Crippen LogP contribution is -2.15. The highest BCUT2D eigenvalue weighted by Crippen LogP contribution is 2.18. The zero-order chi connectivity index (χ0) is 10.6. The second-order valence-electron chi connectivity index (χ2n) is 3.02. The number of carboxylic acids is 1. The summed E-state index contributed by atoms with van der Waals surface area (Å²) in [5.41, 5.74) is 12.4. The molecule has 0 amide bonds. The van der Waals surface area contributed by atoms with Gasteiger partial charge in [-0.3, -0.25) is 9.78 Å². The van der Waals surface area contributed by atoms with Gasteiger partial charge < -0.3 is 16.6 Å². The molecule has 14 heavy (non-hydrogen) atoms. The Labute approximate surface area is 81.7 Å². The smallest absolute Gasteiger partial charge is 0.303 e. The Morgan fingerprint density at radius 1 is 1.64 bits per heavy atom. The molecular formula is C9H13N3O2. The van der Waals surface area contributed by atoms with Crippen molar-refractivity contribution in [2.75, 3.05) is 5.73 Å². The van der Waals surface area contributed by atoms with Gasteiger partial charge in [-0.05, 0) is 18.6 Å². The number of pyridine rings is 1. The average molecular weight is 195 g/mol. The summed E-state index contributed by atoms with van der Waals surface area (Å²) < 4.78 is 0. The van der Waals surface area contributed by atoms with Crippen molar-refractivity contribution in [3.05, 3.63) is 24.0 Å². The number of carboxylic acid groups (broad SMARTS) is 1. The van der Waals surface area contributed by atoms with Crippen molar-refractivity contribution in [3.63, 3.8) is 0 Å². The van der Waals surface area contributed by atoms with Crippen molar-refractivity contribution in [1.29, 1.82) is 0 Å². The standard InChI is InChI=1S/C9H13N3O2/c10-6-2-1-5-12-9(6)7(11)3-4-8(13)14/h1-2,5,7H,3-4,10-11H2,(H,13,14). The topological polar surface area (TPSA) is 102 Å². The van der Waals surface area contributed by atoms with Crippen LogP contribution in [0.4, 0.5) is 5.69 Å². The number of nitrogen functional groups attached to an aromatic ring is 1. The molecule has 5 nitrogen and oxygen atoms in total. The number of aliphatic carboxylic acids is 1. The first-order chi connectivity index (χ1) is 6.61. The van der Waals surface area contributed by atoms with E-state index in [0.717, 1.165) is 0 Å². The van der Waals surface area contributed by atoms with Crippen LogP contribution in [0.1, 0.15) is 24.6 Å². The summed E-state index contributed by atoms with van der Waals surface area (Å²) in [6.07, 6.45) is 1.96. The van der Waals surface area contributed by atoms with E-state index >= 15 is 0 Å². The van der Waals surface area contributed by atoms with Crippen molar-refractivity contribution in [3.8, 4) is 0 Å². The van der Waals surface area contributed by atoms with Gasteiger partial charge in [-0.1, -0.05) is 0 Å². The van der Waals surface area contributed by atoms with E-state index in [1.54, 1.807) is 18.3 Å². The van der Waals surface area contributed by atoms with Crippen LogP contribution in [0.5, 0.6) is 0 Å². The average Bonchev–Trinajstić information content (AvgIpc) is 2.15. The molecular weight excluding hydrogens is 182 g/mol. The number of hydrogen-bond donors (Lipinski definition) is 3. The molecule has 1 aromatic rings. The molecule has 0 radical (unpaired) electrons. The molecule has 5 heteroatoms. The molecule has 5 N–H and O–H groups in total. The maximum atomic E-state index is 10.3. The first-order valence-corrected chi connectivity index (χ1v) is 4.29. The van der Waals surface area contributed by atoms with Crippen molar-refractivity contribution in [1.82, 2.24) is 4.98 Å². The molecule has 0 aliphatic heterocycles. The fourth-order valence-corrected chi connectivity index (χ4v) is 1.16. The van der Waals surface area contributed by atoms with E-state index in [9.17, 15) is 4.79 Å². The van der Waals surface area contributed by atoms with E-state index in [2.05, 4.69) is 4.98 Å². The van der Waals surface area contributed by atoms with Crippen LogP contribution in [-0.2, 0) is 4.79 Å². The van der Waals surface area contributed by atoms with Gasteiger partial charge in [-0.25, -0.2) is 0 Å². The van der Waals surface area contributed by atoms with Crippen molar-refractivity contribution < 1.29 is 9.90 Å². The van der Waals surface area contributed by atoms with Gasteiger partial charge in [-0.15, -0.1) is 0 Å². The van der Waals surface area contributed by atoms with Crippen molar-refractivity contribution in [2.45, 2.75) is 18.9 Å². The lowest BCUT2D eigenvalue weighted by atomic mass is 10.1. The normalized spacial score (nSPS) is 12.4. The van der Waals surface area contributed by atoms with E-state index in [1.165, 1.54) is 0 Å². The summed E-state index contributed by atoms with van der Waals surface area (Å²) in [4.78, 5) is 14.3. The zero-order valence-electron chi connectivity index (χ0n) is 7.68. The summed E-state index contributed by atoms with van der Waals surface area (Å²) in [6.45, 7) is 0. The molecule has 1 aromatic heterocycles. The molecule has 0 fully saturated rings. The third-order valence-corrected chi connectivity index (χ3v) is 1.89. The molecule has 0 aromatic carbocycles. The minimum atomic E-state index is -0.866. The minimum Gasteiger partial charge on any atom is -0.481 e. The maximum absolute atomic E-state index is 10.3. The van der Waals surface area contributed by atoms with Gasteiger partial charge in [0.15, 0.2) is 0 Å². The zero-order valence-corrected chi connectivity index (χ0v) is 7.68. The molecule has 0 spiro atoms. The first-order valence-electron chi connectivity index (χ1n) is 4.29. The number of carbonyl (C=O) groups is 1. The third kappa shape index (κ3) is 2.70. The van der Waals surface area contributed by atoms with Crippen LogP contribution in [-0.4, -0.2) is 16.1 Å². The Hall–Kier alpha value is -1.62. The Morgan fingerprint density at radius 2 is 2.36 bits per heavy atom. The van der Waals surface area contributed by atoms with E-state index in [0.29, 0.717) is 17.8 Å². The van der Waals surface area contributed by atoms with Crippen LogP contribution in [0.15, 0.2) is 18.3 Å². The predicted molar refractivity (Wildman–Crippen MR) is 52.4 cm³/mol. The van der Waals surface area contributed by atoms with E-state index in [-0.39, 0.29) is 6.42 Å². The molecule has 0 saturated carbocycles. The van der Waals surface area contributed by atoms with Crippen LogP contribution < -0.4 is 11.5 Å². The molecule has 0 bridgehead atoms. The summed E-state index contributed by atoms with van der Waals surface area (Å²) in [6, 6.07) is 3.00.